The summed E-state index contributed by atoms with van der Waals surface area (Å²) >= 11 is 6.14. The predicted octanol–water partition coefficient (Wildman–Crippen LogP) is 6.03. The van der Waals surface area contributed by atoms with Gasteiger partial charge in [0, 0.05) is 74.9 Å². The number of piperidine rings is 1. The molecule has 101 heavy (non-hydrogen) atoms. The number of hydrogen-bond donors (Lipinski definition) is 3. The van der Waals surface area contributed by atoms with E-state index in [0.29, 0.717) is 32.1 Å². The van der Waals surface area contributed by atoms with Crippen LogP contribution in [0, 0.1) is 17.8 Å². The molecule has 2 saturated carbocycles. The van der Waals surface area contributed by atoms with Gasteiger partial charge in [0.15, 0.2) is 0 Å². The first-order valence-electron chi connectivity index (χ1n) is 36.1. The molecule has 0 radical (unpaired) electrons. The Morgan fingerprint density at radius 3 is 1.86 bits per heavy atom. The standard InChI is InChI=1S/C71H106ClF5N12O12/c1-12-43(4)58-67(99)82(7)44(5)62(94)89-37-31-52(89)65(97)84(9)53(39-45-22-15-13-16-23-45)64(96)81(6)41-56(90)78-49(28-26-46-25-27-47(48(72)38-46)71(75,76)77)63(95)88-36-21-24-51(88)61(93)80-70(32-17-18-33-70)69(101)86(11)59(42(2)3)68(100)85(10)54(66(98)87-34-19-14-20-35-87)40-57(91)83(8)50(60(92)79-58)29-30-55(73)74/h25,27,38,42-45,49-55,58-59H,12-24,26,28-37,39-41H2,1-11H3,(H,78,90)(H,79,92)(H,80,93)/t43-,44-,49-,50-,51-,52-,53-,54-,58-,59-/m0/s1. The lowest BCUT2D eigenvalue weighted by molar-refractivity contribution is -0.160. The largest absolute Gasteiger partial charge is 0.417 e. The molecule has 30 heteroatoms. The number of fused-ring (bicyclic) bond motifs is 2. The highest BCUT2D eigenvalue weighted by Gasteiger charge is 2.52. The van der Waals surface area contributed by atoms with Crippen LogP contribution in [0.2, 0.25) is 5.02 Å². The van der Waals surface area contributed by atoms with Gasteiger partial charge >= 0.3 is 6.18 Å². The molecule has 12 amide bonds. The molecule has 24 nitrogen and oxygen atoms in total. The Labute approximate surface area is 595 Å². The number of rotatable bonds is 12. The van der Waals surface area contributed by atoms with Gasteiger partial charge in [0.05, 0.1) is 23.6 Å². The number of aryl methyl sites for hydroxylation is 1. The summed E-state index contributed by atoms with van der Waals surface area (Å²) in [5.41, 5.74) is -2.44. The van der Waals surface area contributed by atoms with Gasteiger partial charge < -0.3 is 60.0 Å². The molecule has 7 rings (SSSR count). The Hall–Kier alpha value is -7.20. The fraction of sp³-hybridized carbons (Fsp3) is 0.746. The van der Waals surface area contributed by atoms with Crippen molar-refractivity contribution < 1.29 is 79.5 Å². The molecule has 10 atom stereocenters. The number of halogens is 6. The van der Waals surface area contributed by atoms with E-state index in [0.717, 1.165) is 70.3 Å². The van der Waals surface area contributed by atoms with Crippen molar-refractivity contribution in [1.82, 2.24) is 60.0 Å². The summed E-state index contributed by atoms with van der Waals surface area (Å²) in [7, 11) is 8.06. The number of alkyl halides is 5. The van der Waals surface area contributed by atoms with Crippen molar-refractivity contribution in [2.24, 2.45) is 17.8 Å². The van der Waals surface area contributed by atoms with Crippen LogP contribution in [0.15, 0.2) is 18.2 Å². The lowest BCUT2D eigenvalue weighted by Crippen LogP contribution is -2.65. The topological polar surface area (TPSA) is 270 Å². The van der Waals surface area contributed by atoms with E-state index in [4.69, 9.17) is 11.6 Å². The lowest BCUT2D eigenvalue weighted by atomic mass is 9.84. The number of carbonyl (C=O) groups excluding carboxylic acids is 12. The van der Waals surface area contributed by atoms with Gasteiger partial charge in [-0.25, -0.2) is 8.78 Å². The summed E-state index contributed by atoms with van der Waals surface area (Å²) in [6.07, 6.45) is -1.80. The number of benzene rings is 1. The Kier molecular flexibility index (Phi) is 28.4. The molecule has 1 spiro atoms. The van der Waals surface area contributed by atoms with Crippen molar-refractivity contribution in [1.29, 1.82) is 0 Å². The second-order valence-electron chi connectivity index (χ2n) is 29.3. The number of likely N-dealkylation sites (tertiary alicyclic amines) is 1. The minimum Gasteiger partial charge on any atom is -0.343 e. The minimum atomic E-state index is -4.77. The summed E-state index contributed by atoms with van der Waals surface area (Å²) < 4.78 is 70.1. The quantitative estimate of drug-likeness (QED) is 0.203. The van der Waals surface area contributed by atoms with Crippen molar-refractivity contribution >= 4 is 82.5 Å². The van der Waals surface area contributed by atoms with E-state index < -0.39 is 192 Å². The predicted molar refractivity (Wildman–Crippen MR) is 365 cm³/mol. The van der Waals surface area contributed by atoms with Crippen LogP contribution in [-0.2, 0) is 70.1 Å². The van der Waals surface area contributed by atoms with Gasteiger partial charge in [-0.3, -0.25) is 57.5 Å². The minimum absolute atomic E-state index is 0.00370. The van der Waals surface area contributed by atoms with E-state index in [1.54, 1.807) is 27.7 Å². The maximum absolute atomic E-state index is 15.4. The normalized spacial score (nSPS) is 27.7. The molecule has 6 fully saturated rings. The zero-order chi connectivity index (χ0) is 74.7. The summed E-state index contributed by atoms with van der Waals surface area (Å²) in [6.45, 7) is 8.21. The van der Waals surface area contributed by atoms with E-state index in [2.05, 4.69) is 16.0 Å². The first-order valence-corrected chi connectivity index (χ1v) is 36.5. The third-order valence-electron chi connectivity index (χ3n) is 22.1. The van der Waals surface area contributed by atoms with E-state index >= 15 is 19.2 Å². The number of carbonyl (C=O) groups is 12. The van der Waals surface area contributed by atoms with Crippen LogP contribution >= 0.6 is 11.6 Å². The molecule has 4 saturated heterocycles. The number of amides is 12. The van der Waals surface area contributed by atoms with Crippen LogP contribution < -0.4 is 16.0 Å². The highest BCUT2D eigenvalue weighted by Crippen LogP contribution is 2.38. The first-order chi connectivity index (χ1) is 47.5. The van der Waals surface area contributed by atoms with Gasteiger partial charge in [0.1, 0.15) is 59.9 Å². The van der Waals surface area contributed by atoms with Gasteiger partial charge in [-0.1, -0.05) is 96.7 Å². The fourth-order valence-corrected chi connectivity index (χ4v) is 15.7. The monoisotopic (exact) mass is 1450 g/mol. The lowest BCUT2D eigenvalue weighted by Gasteiger charge is -2.45. The van der Waals surface area contributed by atoms with Gasteiger partial charge in [-0.2, -0.15) is 13.2 Å². The first kappa shape index (κ1) is 81.1. The number of nitrogens with one attached hydrogen (secondary N) is 3. The molecule has 0 unspecified atom stereocenters. The molecule has 1 aromatic rings. The van der Waals surface area contributed by atoms with Gasteiger partial charge in [0.2, 0.25) is 77.3 Å². The molecule has 4 aliphatic heterocycles. The smallest absolute Gasteiger partial charge is 0.343 e. The highest BCUT2D eigenvalue weighted by atomic mass is 35.5. The van der Waals surface area contributed by atoms with Crippen LogP contribution in [0.5, 0.6) is 0 Å². The van der Waals surface area contributed by atoms with Gasteiger partial charge in [-0.15, -0.1) is 0 Å². The third-order valence-corrected chi connectivity index (χ3v) is 22.4. The maximum Gasteiger partial charge on any atom is 0.417 e. The summed E-state index contributed by atoms with van der Waals surface area (Å²) in [4.78, 5) is 190. The molecule has 564 valence electrons. The van der Waals surface area contributed by atoms with Crippen LogP contribution in [0.25, 0.3) is 0 Å². The fourth-order valence-electron chi connectivity index (χ4n) is 15.4. The highest BCUT2D eigenvalue weighted by molar-refractivity contribution is 6.31. The molecule has 6 aliphatic rings. The second kappa shape index (κ2) is 35.3. The third kappa shape index (κ3) is 19.4. The molecule has 0 bridgehead atoms. The van der Waals surface area contributed by atoms with Gasteiger partial charge in [-0.05, 0) is 119 Å². The van der Waals surface area contributed by atoms with Crippen molar-refractivity contribution in [3.8, 4) is 0 Å². The van der Waals surface area contributed by atoms with E-state index in [-0.39, 0.29) is 89.0 Å². The van der Waals surface area contributed by atoms with Crippen LogP contribution in [0.3, 0.4) is 0 Å². The molecule has 0 aromatic heterocycles. The Morgan fingerprint density at radius 1 is 0.644 bits per heavy atom. The van der Waals surface area contributed by atoms with Crippen LogP contribution in [0.4, 0.5) is 22.0 Å². The molecular formula is C71H106ClF5N12O12. The second-order valence-corrected chi connectivity index (χ2v) is 29.7. The summed E-state index contributed by atoms with van der Waals surface area (Å²) in [5.74, 6) is -10.2. The van der Waals surface area contributed by atoms with E-state index in [1.807, 2.05) is 0 Å². The number of likely N-dealkylation sites (N-methyl/N-ethyl adjacent to an activating group) is 6. The van der Waals surface area contributed by atoms with Crippen molar-refractivity contribution in [2.45, 2.75) is 248 Å². The Bertz CT molecular complexity index is 3180. The summed E-state index contributed by atoms with van der Waals surface area (Å²) in [5, 5.41) is 7.85. The van der Waals surface area contributed by atoms with Crippen molar-refractivity contribution in [3.05, 3.63) is 34.3 Å². The molecule has 2 aliphatic carbocycles. The van der Waals surface area contributed by atoms with E-state index in [1.165, 1.54) is 79.8 Å². The van der Waals surface area contributed by atoms with Crippen LogP contribution in [-0.4, -0.2) is 256 Å². The SMILES string of the molecule is CC[C@H](C)[C@@H]1NC(=O)[C@H](CCC(F)F)N(C)C(=O)C[C@@H](C(=O)N2CCCCC2)N(C)C(=O)[C@H](C(C)C)N(C)C(=O)C2(CCCC2)NC(=O)[C@@H]2CCCN2C(=O)[C@H](CCc2ccc(C(F)(F)F)c(Cl)c2)NC(=O)CN(C)C(=O)[C@H](CC2CCCCC2)N(C)C(=O)[C@@H]2CCN2C(=O)[C@H](C)N(C)C1=O. The zero-order valence-electron chi connectivity index (χ0n) is 60.5. The summed E-state index contributed by atoms with van der Waals surface area (Å²) in [6, 6.07) is -9.04. The molecule has 4 heterocycles. The van der Waals surface area contributed by atoms with E-state index in [9.17, 15) is 60.3 Å². The average Bonchev–Trinajstić information content (AvgIpc) is 1.76. The number of hydrogen-bond acceptors (Lipinski definition) is 12. The molecular weight excluding hydrogens is 1340 g/mol. The Balaban J connectivity index is 1.29. The van der Waals surface area contributed by atoms with Crippen molar-refractivity contribution in [3.63, 3.8) is 0 Å². The zero-order valence-corrected chi connectivity index (χ0v) is 61.3. The number of nitrogens with zero attached hydrogens (tertiary/aromatic N) is 9. The van der Waals surface area contributed by atoms with Gasteiger partial charge in [0.25, 0.3) is 0 Å². The average molecular weight is 1450 g/mol. The van der Waals surface area contributed by atoms with Crippen LogP contribution in [0.1, 0.15) is 181 Å². The molecule has 1 aromatic carbocycles. The maximum atomic E-state index is 15.4. The van der Waals surface area contributed by atoms with Crippen molar-refractivity contribution in [2.75, 3.05) is 75.0 Å². The molecule has 3 N–H and O–H groups in total. The Morgan fingerprint density at radius 2 is 1.28 bits per heavy atom.